The molecule has 0 radical (unpaired) electrons. The molecule has 1 aliphatic rings. The molecule has 16 nitrogen and oxygen atoms in total. The summed E-state index contributed by atoms with van der Waals surface area (Å²) < 4.78 is 10.4. The van der Waals surface area contributed by atoms with Crippen molar-refractivity contribution in [2.24, 2.45) is 0 Å². The number of carbonyl (C=O) groups excluding carboxylic acids is 5. The number of nitrogens with one attached hydrogen (secondary N) is 6. The molecule has 6 amide bonds. The van der Waals surface area contributed by atoms with Crippen LogP contribution in [0.5, 0.6) is 0 Å². The van der Waals surface area contributed by atoms with Gasteiger partial charge in [0.15, 0.2) is 0 Å². The van der Waals surface area contributed by atoms with Gasteiger partial charge < -0.3 is 41.0 Å². The molecule has 0 aromatic carbocycles. The highest BCUT2D eigenvalue weighted by atomic mass is 16.5. The normalized spacial score (nSPS) is 24.8. The van der Waals surface area contributed by atoms with Gasteiger partial charge in [-0.05, 0) is 6.42 Å². The van der Waals surface area contributed by atoms with Gasteiger partial charge in [-0.2, -0.15) is 0 Å². The maximum atomic E-state index is 12.3. The molecular formula is C18H30N6O10. The van der Waals surface area contributed by atoms with Crippen LogP contribution in [-0.2, 0) is 33.4 Å². The second-order valence-electron chi connectivity index (χ2n) is 6.97. The largest absolute Gasteiger partial charge is 0.481 e. The number of amides is 6. The summed E-state index contributed by atoms with van der Waals surface area (Å²) in [4.78, 5) is 72.0. The molecule has 192 valence electrons. The molecule has 34 heavy (non-hydrogen) atoms. The van der Waals surface area contributed by atoms with Gasteiger partial charge in [-0.15, -0.1) is 0 Å². The number of urea groups is 1. The van der Waals surface area contributed by atoms with E-state index in [1.54, 1.807) is 6.92 Å². The minimum Gasteiger partial charge on any atom is -0.481 e. The Balaban J connectivity index is 2.93. The van der Waals surface area contributed by atoms with Crippen molar-refractivity contribution in [2.45, 2.75) is 37.9 Å². The van der Waals surface area contributed by atoms with Crippen molar-refractivity contribution >= 4 is 35.6 Å². The van der Waals surface area contributed by atoms with Crippen LogP contribution in [0.2, 0.25) is 0 Å². The van der Waals surface area contributed by atoms with Crippen molar-refractivity contribution in [3.05, 3.63) is 0 Å². The lowest BCUT2D eigenvalue weighted by molar-refractivity contribution is -0.140. The Hall–Kier alpha value is -3.50. The molecule has 0 bridgehead atoms. The second kappa shape index (κ2) is 15.4. The molecule has 0 aromatic heterocycles. The van der Waals surface area contributed by atoms with Crippen LogP contribution in [0.1, 0.15) is 19.8 Å². The summed E-state index contributed by atoms with van der Waals surface area (Å²) in [6.45, 7) is 0.759. The van der Waals surface area contributed by atoms with Gasteiger partial charge in [-0.1, -0.05) is 6.92 Å². The first kappa shape index (κ1) is 28.5. The van der Waals surface area contributed by atoms with E-state index < -0.39 is 66.8 Å². The number of hydrazine groups is 1. The molecule has 0 saturated carbocycles. The topological polar surface area (TPSA) is 234 Å². The predicted octanol–water partition coefficient (Wildman–Crippen LogP) is -4.30. The van der Waals surface area contributed by atoms with E-state index in [1.807, 2.05) is 10.9 Å². The van der Waals surface area contributed by atoms with Crippen LogP contribution in [-0.4, -0.2) is 104 Å². The number of rotatable bonds is 4. The molecule has 8 N–H and O–H groups in total. The average Bonchev–Trinajstić information content (AvgIpc) is 2.79. The number of carbonyl (C=O) groups is 6. The Morgan fingerprint density at radius 3 is 2.12 bits per heavy atom. The number of ether oxygens (including phenoxy) is 2. The van der Waals surface area contributed by atoms with E-state index in [4.69, 9.17) is 14.6 Å². The highest BCUT2D eigenvalue weighted by molar-refractivity contribution is 5.94. The summed E-state index contributed by atoms with van der Waals surface area (Å²) in [5, 5.41) is 27.4. The van der Waals surface area contributed by atoms with Gasteiger partial charge in [0.1, 0.15) is 24.7 Å². The number of aliphatic carboxylic acids is 1. The molecule has 16 heteroatoms. The smallest absolute Gasteiger partial charge is 0.316 e. The molecule has 0 aromatic rings. The first-order chi connectivity index (χ1) is 16.2. The molecular weight excluding hydrogens is 460 g/mol. The molecule has 1 fully saturated rings. The third-order valence-corrected chi connectivity index (χ3v) is 4.32. The molecule has 1 aliphatic heterocycles. The summed E-state index contributed by atoms with van der Waals surface area (Å²) in [5.41, 5.74) is 4.03. The SMILES string of the molecule is CC[C@@H]1NC(=O)COCCOCCNC(=O)[C@@H](CO)NC(=O)N[C@@H](CC(=O)O)C(=O)NNC1=O. The fourth-order valence-corrected chi connectivity index (χ4v) is 2.58. The average molecular weight is 490 g/mol. The van der Waals surface area contributed by atoms with E-state index in [-0.39, 0.29) is 39.4 Å². The van der Waals surface area contributed by atoms with Gasteiger partial charge in [0.05, 0.1) is 32.8 Å². The molecule has 0 aliphatic carbocycles. The number of carboxylic acid groups (broad SMARTS) is 1. The van der Waals surface area contributed by atoms with Crippen molar-refractivity contribution in [3.8, 4) is 0 Å². The minimum absolute atomic E-state index is 0.0368. The zero-order valence-electron chi connectivity index (χ0n) is 18.5. The van der Waals surface area contributed by atoms with Gasteiger partial charge in [-0.3, -0.25) is 34.8 Å². The number of hydrogen-bond acceptors (Lipinski definition) is 9. The van der Waals surface area contributed by atoms with Gasteiger partial charge >= 0.3 is 12.0 Å². The third-order valence-electron chi connectivity index (χ3n) is 4.32. The van der Waals surface area contributed by atoms with Gasteiger partial charge in [0.2, 0.25) is 11.8 Å². The van der Waals surface area contributed by atoms with E-state index in [2.05, 4.69) is 21.3 Å². The number of carboxylic acids is 1. The fraction of sp³-hybridized carbons (Fsp3) is 0.667. The third kappa shape index (κ3) is 10.9. The first-order valence-electron chi connectivity index (χ1n) is 10.4. The maximum absolute atomic E-state index is 12.3. The Labute approximate surface area is 194 Å². The predicted molar refractivity (Wildman–Crippen MR) is 112 cm³/mol. The van der Waals surface area contributed by atoms with Gasteiger partial charge in [0.25, 0.3) is 11.8 Å². The molecule has 1 rings (SSSR count). The zero-order valence-corrected chi connectivity index (χ0v) is 18.5. The zero-order chi connectivity index (χ0) is 25.5. The van der Waals surface area contributed by atoms with Crippen LogP contribution < -0.4 is 32.1 Å². The van der Waals surface area contributed by atoms with Crippen molar-refractivity contribution in [3.63, 3.8) is 0 Å². The fourth-order valence-electron chi connectivity index (χ4n) is 2.58. The number of aliphatic hydroxyl groups is 1. The lowest BCUT2D eigenvalue weighted by atomic mass is 10.2. The van der Waals surface area contributed by atoms with Gasteiger partial charge in [-0.25, -0.2) is 4.79 Å². The van der Waals surface area contributed by atoms with Crippen LogP contribution in [0.4, 0.5) is 4.79 Å². The van der Waals surface area contributed by atoms with Crippen LogP contribution in [0.15, 0.2) is 0 Å². The van der Waals surface area contributed by atoms with Crippen LogP contribution in [0.25, 0.3) is 0 Å². The van der Waals surface area contributed by atoms with Crippen LogP contribution in [0, 0.1) is 0 Å². The first-order valence-corrected chi connectivity index (χ1v) is 10.4. The second-order valence-corrected chi connectivity index (χ2v) is 6.97. The number of hydrogen-bond donors (Lipinski definition) is 8. The standard InChI is InChI=1S/C18H30N6O10/c1-2-10-16(30)23-24-17(31)11(7-14(27)28)21-18(32)22-12(8-25)15(29)19-3-4-33-5-6-34-9-13(26)20-10/h10-12,25H,2-9H2,1H3,(H,19,29)(H,20,26)(H,23,30)(H,24,31)(H,27,28)(H2,21,22,32)/t10-,11-,12+/m0/s1. The molecule has 1 saturated heterocycles. The molecule has 3 atom stereocenters. The van der Waals surface area contributed by atoms with Crippen molar-refractivity contribution in [2.75, 3.05) is 39.6 Å². The summed E-state index contributed by atoms with van der Waals surface area (Å²) in [6.07, 6.45) is -0.687. The summed E-state index contributed by atoms with van der Waals surface area (Å²) in [7, 11) is 0. The Bertz CT molecular complexity index is 749. The van der Waals surface area contributed by atoms with Crippen molar-refractivity contribution < 1.29 is 48.5 Å². The quantitative estimate of drug-likeness (QED) is 0.189. The maximum Gasteiger partial charge on any atom is 0.316 e. The summed E-state index contributed by atoms with van der Waals surface area (Å²) in [6, 6.07) is -5.18. The Kier molecular flexibility index (Phi) is 12.9. The van der Waals surface area contributed by atoms with Crippen LogP contribution in [0.3, 0.4) is 0 Å². The van der Waals surface area contributed by atoms with E-state index in [1.165, 1.54) is 0 Å². The van der Waals surface area contributed by atoms with Crippen molar-refractivity contribution in [1.82, 2.24) is 32.1 Å². The van der Waals surface area contributed by atoms with Crippen LogP contribution >= 0.6 is 0 Å². The molecule has 0 spiro atoms. The minimum atomic E-state index is -1.65. The summed E-state index contributed by atoms with van der Waals surface area (Å²) >= 11 is 0. The van der Waals surface area contributed by atoms with E-state index >= 15 is 0 Å². The molecule has 1 heterocycles. The summed E-state index contributed by atoms with van der Waals surface area (Å²) in [5.74, 6) is -4.66. The highest BCUT2D eigenvalue weighted by Crippen LogP contribution is 1.96. The lowest BCUT2D eigenvalue weighted by Crippen LogP contribution is -2.59. The molecule has 0 unspecified atom stereocenters. The Morgan fingerprint density at radius 1 is 0.882 bits per heavy atom. The van der Waals surface area contributed by atoms with Crippen molar-refractivity contribution in [1.29, 1.82) is 0 Å². The van der Waals surface area contributed by atoms with E-state index in [9.17, 15) is 33.9 Å². The van der Waals surface area contributed by atoms with Gasteiger partial charge in [0, 0.05) is 6.54 Å². The monoisotopic (exact) mass is 490 g/mol. The van der Waals surface area contributed by atoms with E-state index in [0.29, 0.717) is 0 Å². The highest BCUT2D eigenvalue weighted by Gasteiger charge is 2.27. The lowest BCUT2D eigenvalue weighted by Gasteiger charge is -2.21. The Morgan fingerprint density at radius 2 is 1.50 bits per heavy atom. The number of aliphatic hydroxyl groups excluding tert-OH is 1. The van der Waals surface area contributed by atoms with E-state index in [0.717, 1.165) is 0 Å².